The predicted molar refractivity (Wildman–Crippen MR) is 138 cm³/mol. The molecule has 3 aromatic rings. The van der Waals surface area contributed by atoms with Gasteiger partial charge < -0.3 is 14.2 Å². The molecule has 0 aliphatic carbocycles. The summed E-state index contributed by atoms with van der Waals surface area (Å²) in [6.45, 7) is 3.65. The van der Waals surface area contributed by atoms with Crippen molar-refractivity contribution in [3.63, 3.8) is 0 Å². The number of aromatic nitrogens is 2. The summed E-state index contributed by atoms with van der Waals surface area (Å²) >= 11 is 6.87. The summed E-state index contributed by atoms with van der Waals surface area (Å²) in [7, 11) is 2.79. The lowest BCUT2D eigenvalue weighted by Gasteiger charge is -2.17. The summed E-state index contributed by atoms with van der Waals surface area (Å²) in [5.74, 6) is 0.721. The van der Waals surface area contributed by atoms with E-state index < -0.39 is 12.1 Å². The predicted octanol–water partition coefficient (Wildman–Crippen LogP) is 5.10. The monoisotopic (exact) mass is 593 g/mol. The topological polar surface area (TPSA) is 92.0 Å². The molecule has 1 atom stereocenters. The normalized spacial score (nSPS) is 12.2. The average Bonchev–Trinajstić information content (AvgIpc) is 2.83. The molecular formula is C24H25Br2N3O5. The van der Waals surface area contributed by atoms with E-state index in [4.69, 9.17) is 14.2 Å². The molecule has 1 aromatic heterocycles. The number of ether oxygens (including phenoxy) is 3. The molecule has 0 radical (unpaired) electrons. The molecule has 10 heteroatoms. The van der Waals surface area contributed by atoms with E-state index >= 15 is 0 Å². The van der Waals surface area contributed by atoms with E-state index in [1.54, 1.807) is 25.1 Å². The van der Waals surface area contributed by atoms with E-state index in [1.807, 2.05) is 12.1 Å². The molecule has 0 spiro atoms. The number of hydrogen-bond donors (Lipinski definition) is 0. The van der Waals surface area contributed by atoms with Crippen LogP contribution in [-0.4, -0.2) is 42.2 Å². The summed E-state index contributed by atoms with van der Waals surface area (Å²) in [5, 5.41) is 4.94. The van der Waals surface area contributed by atoms with Crippen LogP contribution in [-0.2, 0) is 16.0 Å². The van der Waals surface area contributed by atoms with E-state index in [9.17, 15) is 9.59 Å². The van der Waals surface area contributed by atoms with Gasteiger partial charge in [0.2, 0.25) is 0 Å². The molecule has 3 rings (SSSR count). The Morgan fingerprint density at radius 3 is 2.65 bits per heavy atom. The van der Waals surface area contributed by atoms with Crippen LogP contribution < -0.4 is 15.0 Å². The quantitative estimate of drug-likeness (QED) is 0.253. The van der Waals surface area contributed by atoms with E-state index in [0.717, 1.165) is 17.3 Å². The molecule has 0 amide bonds. The summed E-state index contributed by atoms with van der Waals surface area (Å²) < 4.78 is 18.9. The van der Waals surface area contributed by atoms with Gasteiger partial charge in [-0.25, -0.2) is 9.78 Å². The summed E-state index contributed by atoms with van der Waals surface area (Å²) in [6.07, 6.45) is 3.02. The van der Waals surface area contributed by atoms with Crippen LogP contribution in [0.1, 0.15) is 38.1 Å². The lowest BCUT2D eigenvalue weighted by atomic mass is 10.2. The summed E-state index contributed by atoms with van der Waals surface area (Å²) in [5.41, 5.74) is 0.844. The van der Waals surface area contributed by atoms with Crippen LogP contribution in [0.15, 0.2) is 49.2 Å². The maximum atomic E-state index is 13.3. The second-order valence-electron chi connectivity index (χ2n) is 7.46. The Balaban J connectivity index is 2.15. The third kappa shape index (κ3) is 5.85. The minimum atomic E-state index is -0.880. The molecule has 1 heterocycles. The third-order valence-corrected chi connectivity index (χ3v) is 5.99. The highest BCUT2D eigenvalue weighted by Gasteiger charge is 2.20. The number of esters is 1. The van der Waals surface area contributed by atoms with E-state index in [0.29, 0.717) is 44.7 Å². The molecule has 0 saturated heterocycles. The largest absolute Gasteiger partial charge is 0.493 e. The van der Waals surface area contributed by atoms with Crippen molar-refractivity contribution < 1.29 is 19.0 Å². The number of methoxy groups -OCH3 is 2. The molecule has 8 nitrogen and oxygen atoms in total. The van der Waals surface area contributed by atoms with Crippen LogP contribution in [0.3, 0.4) is 0 Å². The first kappa shape index (κ1) is 25.9. The van der Waals surface area contributed by atoms with Gasteiger partial charge in [-0.1, -0.05) is 45.2 Å². The number of rotatable bonds is 9. The minimum Gasteiger partial charge on any atom is -0.493 e. The van der Waals surface area contributed by atoms with Crippen LogP contribution in [0.5, 0.6) is 11.5 Å². The molecule has 0 aliphatic heterocycles. The van der Waals surface area contributed by atoms with Crippen molar-refractivity contribution in [3.05, 3.63) is 61.0 Å². The Hall–Kier alpha value is -2.72. The molecule has 2 aromatic carbocycles. The molecule has 0 bridgehead atoms. The molecule has 0 unspecified atom stereocenters. The highest BCUT2D eigenvalue weighted by Crippen LogP contribution is 2.35. The van der Waals surface area contributed by atoms with Crippen LogP contribution >= 0.6 is 31.9 Å². The zero-order valence-electron chi connectivity index (χ0n) is 19.3. The van der Waals surface area contributed by atoms with Gasteiger partial charge in [0.15, 0.2) is 17.6 Å². The van der Waals surface area contributed by atoms with Crippen LogP contribution in [0, 0.1) is 0 Å². The second-order valence-corrected chi connectivity index (χ2v) is 9.30. The number of carbonyl (C=O) groups is 1. The molecule has 180 valence electrons. The number of nitrogens with zero attached hydrogens (tertiary/aromatic N) is 3. The fourth-order valence-corrected chi connectivity index (χ4v) is 4.10. The zero-order chi connectivity index (χ0) is 24.8. The van der Waals surface area contributed by atoms with Crippen molar-refractivity contribution in [2.24, 2.45) is 5.10 Å². The van der Waals surface area contributed by atoms with Crippen LogP contribution in [0.25, 0.3) is 10.9 Å². The lowest BCUT2D eigenvalue weighted by Crippen LogP contribution is -2.25. The van der Waals surface area contributed by atoms with Crippen LogP contribution in [0.4, 0.5) is 0 Å². The maximum Gasteiger partial charge on any atom is 0.346 e. The van der Waals surface area contributed by atoms with E-state index in [1.165, 1.54) is 25.1 Å². The smallest absolute Gasteiger partial charge is 0.346 e. The fourth-order valence-electron chi connectivity index (χ4n) is 3.28. The van der Waals surface area contributed by atoms with Gasteiger partial charge in [0.05, 0.1) is 31.3 Å². The third-order valence-electron chi connectivity index (χ3n) is 5.04. The van der Waals surface area contributed by atoms with Gasteiger partial charge >= 0.3 is 5.97 Å². The van der Waals surface area contributed by atoms with Crippen molar-refractivity contribution in [2.75, 3.05) is 14.2 Å². The Bertz CT molecular complexity index is 1290. The number of fused-ring (bicyclic) bond motifs is 1. The van der Waals surface area contributed by atoms with E-state index in [2.05, 4.69) is 48.9 Å². The Labute approximate surface area is 214 Å². The molecular weight excluding hydrogens is 570 g/mol. The van der Waals surface area contributed by atoms with Gasteiger partial charge in [0.25, 0.3) is 5.56 Å². The van der Waals surface area contributed by atoms with Gasteiger partial charge in [-0.05, 0) is 43.7 Å². The molecule has 0 aliphatic rings. The highest BCUT2D eigenvalue weighted by molar-refractivity contribution is 9.10. The van der Waals surface area contributed by atoms with Crippen molar-refractivity contribution in [1.29, 1.82) is 0 Å². The Morgan fingerprint density at radius 1 is 1.21 bits per heavy atom. The number of halogens is 2. The number of unbranched alkanes of at least 4 members (excludes halogenated alkanes) is 1. The summed E-state index contributed by atoms with van der Waals surface area (Å²) in [6, 6.07) is 8.86. The van der Waals surface area contributed by atoms with Gasteiger partial charge in [-0.2, -0.15) is 9.78 Å². The average molecular weight is 595 g/mol. The molecule has 34 heavy (non-hydrogen) atoms. The van der Waals surface area contributed by atoms with Gasteiger partial charge in [0, 0.05) is 20.9 Å². The summed E-state index contributed by atoms with van der Waals surface area (Å²) in [4.78, 5) is 29.9. The molecule has 0 N–H and O–H groups in total. The number of carbonyl (C=O) groups excluding carboxylic acids is 1. The SMILES string of the molecule is CCCCc1nc2ccc(Br)cc2c(=O)n1N=Cc1cc(Br)cc(OC)c1O[C@@H](C)C(=O)OC. The van der Waals surface area contributed by atoms with Crippen molar-refractivity contribution >= 4 is 54.9 Å². The van der Waals surface area contributed by atoms with Gasteiger partial charge in [-0.3, -0.25) is 4.79 Å². The molecule has 0 saturated carbocycles. The zero-order valence-corrected chi connectivity index (χ0v) is 22.5. The standard InChI is InChI=1S/C24H25Br2N3O5/c1-5-6-7-21-28-19-9-8-16(25)11-18(19)23(30)29(21)27-13-15-10-17(26)12-20(32-3)22(15)34-14(2)24(31)33-4/h8-14H,5-7H2,1-4H3/t14-/m0/s1. The van der Waals surface area contributed by atoms with Crippen molar-refractivity contribution in [2.45, 2.75) is 39.2 Å². The Kier molecular flexibility index (Phi) is 8.84. The van der Waals surface area contributed by atoms with Crippen molar-refractivity contribution in [3.8, 4) is 11.5 Å². The first-order valence-electron chi connectivity index (χ1n) is 10.7. The van der Waals surface area contributed by atoms with E-state index in [-0.39, 0.29) is 5.56 Å². The maximum absolute atomic E-state index is 13.3. The Morgan fingerprint density at radius 2 is 1.97 bits per heavy atom. The second kappa shape index (κ2) is 11.6. The number of aryl methyl sites for hydroxylation is 1. The minimum absolute atomic E-state index is 0.277. The van der Waals surface area contributed by atoms with Gasteiger partial charge in [-0.15, -0.1) is 0 Å². The first-order valence-corrected chi connectivity index (χ1v) is 12.2. The molecule has 0 fully saturated rings. The number of hydrogen-bond acceptors (Lipinski definition) is 7. The highest BCUT2D eigenvalue weighted by atomic mass is 79.9. The lowest BCUT2D eigenvalue weighted by molar-refractivity contribution is -0.147. The van der Waals surface area contributed by atoms with Crippen LogP contribution in [0.2, 0.25) is 0 Å². The van der Waals surface area contributed by atoms with Crippen molar-refractivity contribution in [1.82, 2.24) is 9.66 Å². The fraction of sp³-hybridized carbons (Fsp3) is 0.333. The first-order chi connectivity index (χ1) is 16.3. The number of benzene rings is 2. The van der Waals surface area contributed by atoms with Gasteiger partial charge in [0.1, 0.15) is 5.82 Å².